The minimum Gasteiger partial charge on any atom is -0.305 e. The number of fused-ring (bicyclic) bond motifs is 2. The number of rotatable bonds is 8. The van der Waals surface area contributed by atoms with Gasteiger partial charge < -0.3 is 5.32 Å². The fraction of sp³-hybridized carbons (Fsp3) is 0.524. The first kappa shape index (κ1) is 20.4. The SMILES string of the molecule is CCCCCCCCNC1c2ccc(C)cc2S(=O)(=O)N(C)c2ccsc21. The Hall–Kier alpha value is -1.37. The van der Waals surface area contributed by atoms with Gasteiger partial charge >= 0.3 is 0 Å². The van der Waals surface area contributed by atoms with E-state index in [0.717, 1.165) is 34.7 Å². The summed E-state index contributed by atoms with van der Waals surface area (Å²) in [4.78, 5) is 1.50. The number of hydrogen-bond donors (Lipinski definition) is 1. The van der Waals surface area contributed by atoms with Crippen LogP contribution in [0.15, 0.2) is 34.5 Å². The minimum atomic E-state index is -3.54. The van der Waals surface area contributed by atoms with Gasteiger partial charge in [-0.3, -0.25) is 4.31 Å². The molecule has 1 aliphatic heterocycles. The Morgan fingerprint density at radius 1 is 1.11 bits per heavy atom. The average molecular weight is 407 g/mol. The van der Waals surface area contributed by atoms with E-state index in [9.17, 15) is 8.42 Å². The van der Waals surface area contributed by atoms with E-state index in [2.05, 4.69) is 12.2 Å². The summed E-state index contributed by atoms with van der Waals surface area (Å²) in [7, 11) is -1.89. The number of hydrogen-bond acceptors (Lipinski definition) is 4. The quantitative estimate of drug-likeness (QED) is 0.610. The molecule has 148 valence electrons. The van der Waals surface area contributed by atoms with E-state index in [1.807, 2.05) is 30.5 Å². The first-order chi connectivity index (χ1) is 13.0. The Balaban J connectivity index is 1.85. The van der Waals surface area contributed by atoms with Crippen molar-refractivity contribution in [2.24, 2.45) is 0 Å². The molecule has 0 saturated carbocycles. The van der Waals surface area contributed by atoms with Crippen LogP contribution in [-0.2, 0) is 10.0 Å². The molecule has 1 atom stereocenters. The van der Waals surface area contributed by atoms with E-state index in [0.29, 0.717) is 4.90 Å². The molecule has 0 spiro atoms. The van der Waals surface area contributed by atoms with E-state index >= 15 is 0 Å². The van der Waals surface area contributed by atoms with Gasteiger partial charge in [0.2, 0.25) is 0 Å². The van der Waals surface area contributed by atoms with E-state index in [1.54, 1.807) is 24.5 Å². The van der Waals surface area contributed by atoms with Gasteiger partial charge in [-0.25, -0.2) is 8.42 Å². The number of nitrogens with zero attached hydrogens (tertiary/aromatic N) is 1. The number of aryl methyl sites for hydroxylation is 1. The van der Waals surface area contributed by atoms with Crippen molar-refractivity contribution in [2.75, 3.05) is 17.9 Å². The van der Waals surface area contributed by atoms with Crippen LogP contribution in [0.5, 0.6) is 0 Å². The van der Waals surface area contributed by atoms with E-state index in [-0.39, 0.29) is 6.04 Å². The predicted molar refractivity (Wildman–Crippen MR) is 114 cm³/mol. The molecule has 4 nitrogen and oxygen atoms in total. The largest absolute Gasteiger partial charge is 0.305 e. The molecule has 1 unspecified atom stereocenters. The summed E-state index contributed by atoms with van der Waals surface area (Å²) < 4.78 is 27.8. The lowest BCUT2D eigenvalue weighted by molar-refractivity contribution is 0.542. The summed E-state index contributed by atoms with van der Waals surface area (Å²) in [5.74, 6) is 0. The molecule has 1 aliphatic rings. The first-order valence-electron chi connectivity index (χ1n) is 9.87. The van der Waals surface area contributed by atoms with Crippen LogP contribution in [0.4, 0.5) is 5.69 Å². The Kier molecular flexibility index (Phi) is 6.61. The van der Waals surface area contributed by atoms with Crippen molar-refractivity contribution in [3.8, 4) is 0 Å². The zero-order chi connectivity index (χ0) is 19.4. The molecule has 0 aliphatic carbocycles. The monoisotopic (exact) mass is 406 g/mol. The molecule has 1 aromatic carbocycles. The van der Waals surface area contributed by atoms with E-state index < -0.39 is 10.0 Å². The molecule has 27 heavy (non-hydrogen) atoms. The standard InChI is InChI=1S/C21H30N2O2S2/c1-4-5-6-7-8-9-13-22-20-17-11-10-16(2)15-19(17)27(24,25)23(3)18-12-14-26-21(18)20/h10-12,14-15,20,22H,4-9,13H2,1-3H3. The molecule has 3 rings (SSSR count). The molecule has 0 fully saturated rings. The third-order valence-electron chi connectivity index (χ3n) is 5.27. The lowest BCUT2D eigenvalue weighted by Crippen LogP contribution is -2.26. The number of nitrogens with one attached hydrogen (secondary N) is 1. The third kappa shape index (κ3) is 4.23. The zero-order valence-electron chi connectivity index (χ0n) is 16.5. The van der Waals surface area contributed by atoms with Gasteiger partial charge in [-0.1, -0.05) is 51.2 Å². The van der Waals surface area contributed by atoms with Gasteiger partial charge in [-0.2, -0.15) is 0 Å². The van der Waals surface area contributed by atoms with Gasteiger partial charge in [0.05, 0.1) is 21.5 Å². The summed E-state index contributed by atoms with van der Waals surface area (Å²) in [5, 5.41) is 5.63. The topological polar surface area (TPSA) is 49.4 Å². The second-order valence-electron chi connectivity index (χ2n) is 7.34. The Bertz CT molecular complexity index is 874. The summed E-state index contributed by atoms with van der Waals surface area (Å²) in [6.45, 7) is 5.07. The highest BCUT2D eigenvalue weighted by Gasteiger charge is 2.35. The molecule has 6 heteroatoms. The minimum absolute atomic E-state index is 0.0778. The van der Waals surface area contributed by atoms with Crippen molar-refractivity contribution in [3.05, 3.63) is 45.6 Å². The maximum Gasteiger partial charge on any atom is 0.264 e. The molecule has 1 N–H and O–H groups in total. The maximum absolute atomic E-state index is 13.2. The first-order valence-corrected chi connectivity index (χ1v) is 12.2. The summed E-state index contributed by atoms with van der Waals surface area (Å²) >= 11 is 1.63. The van der Waals surface area contributed by atoms with Crippen molar-refractivity contribution in [3.63, 3.8) is 0 Å². The number of unbranched alkanes of at least 4 members (excludes halogenated alkanes) is 5. The Morgan fingerprint density at radius 3 is 2.63 bits per heavy atom. The molecular weight excluding hydrogens is 376 g/mol. The van der Waals surface area contributed by atoms with Gasteiger partial charge in [0.1, 0.15) is 0 Å². The number of sulfonamides is 1. The third-order valence-corrected chi connectivity index (χ3v) is 8.07. The lowest BCUT2D eigenvalue weighted by atomic mass is 10.0. The Labute approximate surface area is 167 Å². The predicted octanol–water partition coefficient (Wildman–Crippen LogP) is 5.23. The highest BCUT2D eigenvalue weighted by molar-refractivity contribution is 7.92. The van der Waals surface area contributed by atoms with E-state index in [1.165, 1.54) is 36.4 Å². The van der Waals surface area contributed by atoms with Crippen LogP contribution in [0, 0.1) is 6.92 Å². The van der Waals surface area contributed by atoms with Gasteiger partial charge in [-0.05, 0) is 48.5 Å². The van der Waals surface area contributed by atoms with Crippen molar-refractivity contribution < 1.29 is 8.42 Å². The van der Waals surface area contributed by atoms with Gasteiger partial charge in [-0.15, -0.1) is 11.3 Å². The van der Waals surface area contributed by atoms with Crippen molar-refractivity contribution in [1.82, 2.24) is 5.32 Å². The molecule has 0 bridgehead atoms. The summed E-state index contributed by atoms with van der Waals surface area (Å²) in [5.41, 5.74) is 2.61. The molecule has 1 aromatic heterocycles. The van der Waals surface area contributed by atoms with Crippen LogP contribution < -0.4 is 9.62 Å². The molecule has 2 heterocycles. The smallest absolute Gasteiger partial charge is 0.264 e. The molecule has 0 saturated heterocycles. The number of anilines is 1. The van der Waals surface area contributed by atoms with Gasteiger partial charge in [0.25, 0.3) is 10.0 Å². The summed E-state index contributed by atoms with van der Waals surface area (Å²) in [6.07, 6.45) is 7.49. The van der Waals surface area contributed by atoms with Crippen LogP contribution in [0.2, 0.25) is 0 Å². The normalized spacial score (nSPS) is 18.0. The number of thiophene rings is 1. The number of benzene rings is 1. The van der Waals surface area contributed by atoms with Crippen molar-refractivity contribution >= 4 is 27.0 Å². The second kappa shape index (κ2) is 8.76. The fourth-order valence-electron chi connectivity index (χ4n) is 3.67. The highest BCUT2D eigenvalue weighted by atomic mass is 32.2. The van der Waals surface area contributed by atoms with Crippen LogP contribution in [-0.4, -0.2) is 22.0 Å². The second-order valence-corrected chi connectivity index (χ2v) is 10.2. The van der Waals surface area contributed by atoms with Crippen molar-refractivity contribution in [2.45, 2.75) is 63.3 Å². The molecule has 2 aromatic rings. The maximum atomic E-state index is 13.2. The fourth-order valence-corrected chi connectivity index (χ4v) is 6.27. The molecular formula is C21H30N2O2S2. The molecule has 0 radical (unpaired) electrons. The average Bonchev–Trinajstić information content (AvgIpc) is 3.11. The zero-order valence-corrected chi connectivity index (χ0v) is 18.1. The van der Waals surface area contributed by atoms with Gasteiger partial charge in [0, 0.05) is 7.05 Å². The van der Waals surface area contributed by atoms with Crippen LogP contribution in [0.25, 0.3) is 0 Å². The highest BCUT2D eigenvalue weighted by Crippen LogP contribution is 2.43. The summed E-state index contributed by atoms with van der Waals surface area (Å²) in [6, 6.07) is 7.62. The lowest BCUT2D eigenvalue weighted by Gasteiger charge is -2.19. The van der Waals surface area contributed by atoms with Crippen LogP contribution >= 0.6 is 11.3 Å². The van der Waals surface area contributed by atoms with Gasteiger partial charge in [0.15, 0.2) is 0 Å². The molecule has 0 amide bonds. The Morgan fingerprint density at radius 2 is 1.85 bits per heavy atom. The van der Waals surface area contributed by atoms with Crippen molar-refractivity contribution in [1.29, 1.82) is 0 Å². The van der Waals surface area contributed by atoms with Crippen LogP contribution in [0.3, 0.4) is 0 Å². The van der Waals surface area contributed by atoms with Crippen LogP contribution in [0.1, 0.15) is 67.5 Å². The van der Waals surface area contributed by atoms with E-state index in [4.69, 9.17) is 0 Å².